The Bertz CT molecular complexity index is 686. The molecule has 0 aliphatic rings. The van der Waals surface area contributed by atoms with Crippen LogP contribution in [0.5, 0.6) is 0 Å². The van der Waals surface area contributed by atoms with Crippen LogP contribution in [0.1, 0.15) is 17.8 Å². The third-order valence-electron chi connectivity index (χ3n) is 2.96. The standard InChI is InChI=1S/C14H18ClN5O2S/c1-8-14(23-10-3-5-17-12(16)11(10)15)20-9(7-22)13(19-8)18-4-2-6-21/h3,5,21-22H,2,4,6-7H2,1H3,(H2,16,17)(H,18,19). The summed E-state index contributed by atoms with van der Waals surface area (Å²) in [5.74, 6) is 0.773. The van der Waals surface area contributed by atoms with E-state index in [1.165, 1.54) is 11.8 Å². The molecule has 0 aliphatic carbocycles. The van der Waals surface area contributed by atoms with E-state index in [0.717, 1.165) is 4.90 Å². The summed E-state index contributed by atoms with van der Waals surface area (Å²) in [5.41, 5.74) is 6.84. The summed E-state index contributed by atoms with van der Waals surface area (Å²) in [7, 11) is 0. The smallest absolute Gasteiger partial charge is 0.150 e. The molecule has 0 spiro atoms. The molecule has 124 valence electrons. The van der Waals surface area contributed by atoms with E-state index in [9.17, 15) is 5.11 Å². The highest BCUT2D eigenvalue weighted by Crippen LogP contribution is 2.36. The molecule has 0 saturated carbocycles. The maximum absolute atomic E-state index is 9.50. The Labute approximate surface area is 143 Å². The second-order valence-corrected chi connectivity index (χ2v) is 6.09. The van der Waals surface area contributed by atoms with Crippen LogP contribution >= 0.6 is 23.4 Å². The molecule has 0 bridgehead atoms. The summed E-state index contributed by atoms with van der Waals surface area (Å²) in [6.45, 7) is 2.22. The Morgan fingerprint density at radius 3 is 2.83 bits per heavy atom. The van der Waals surface area contributed by atoms with Crippen molar-refractivity contribution in [1.82, 2.24) is 15.0 Å². The first-order valence-electron chi connectivity index (χ1n) is 6.97. The van der Waals surface area contributed by atoms with E-state index in [4.69, 9.17) is 22.4 Å². The van der Waals surface area contributed by atoms with Crippen molar-refractivity contribution < 1.29 is 10.2 Å². The Hall–Kier alpha value is -1.61. The van der Waals surface area contributed by atoms with Gasteiger partial charge in [-0.3, -0.25) is 0 Å². The number of aliphatic hydroxyl groups excluding tert-OH is 2. The Kier molecular flexibility index (Phi) is 6.40. The van der Waals surface area contributed by atoms with Crippen molar-refractivity contribution in [1.29, 1.82) is 0 Å². The zero-order valence-corrected chi connectivity index (χ0v) is 14.2. The first-order chi connectivity index (χ1) is 11.1. The van der Waals surface area contributed by atoms with Crippen LogP contribution in [0.25, 0.3) is 0 Å². The number of pyridine rings is 1. The molecular weight excluding hydrogens is 338 g/mol. The molecule has 5 N–H and O–H groups in total. The molecule has 0 fully saturated rings. The Morgan fingerprint density at radius 1 is 1.35 bits per heavy atom. The lowest BCUT2D eigenvalue weighted by atomic mass is 10.3. The molecule has 0 radical (unpaired) electrons. The molecule has 2 aromatic rings. The minimum absolute atomic E-state index is 0.0871. The van der Waals surface area contributed by atoms with Crippen LogP contribution in [-0.4, -0.2) is 38.3 Å². The highest BCUT2D eigenvalue weighted by Gasteiger charge is 2.14. The number of halogens is 1. The molecule has 2 heterocycles. The molecule has 0 aromatic carbocycles. The lowest BCUT2D eigenvalue weighted by Crippen LogP contribution is -2.11. The van der Waals surface area contributed by atoms with Crippen molar-refractivity contribution in [2.24, 2.45) is 0 Å². The van der Waals surface area contributed by atoms with E-state index < -0.39 is 0 Å². The van der Waals surface area contributed by atoms with Gasteiger partial charge in [0, 0.05) is 24.2 Å². The average molecular weight is 356 g/mol. The molecule has 0 saturated heterocycles. The fraction of sp³-hybridized carbons (Fsp3) is 0.357. The van der Waals surface area contributed by atoms with Crippen molar-refractivity contribution in [2.75, 3.05) is 24.2 Å². The summed E-state index contributed by atoms with van der Waals surface area (Å²) >= 11 is 7.46. The number of aliphatic hydroxyl groups is 2. The van der Waals surface area contributed by atoms with Crippen molar-refractivity contribution in [3.63, 3.8) is 0 Å². The van der Waals surface area contributed by atoms with Gasteiger partial charge in [0.1, 0.15) is 16.5 Å². The van der Waals surface area contributed by atoms with Gasteiger partial charge in [-0.25, -0.2) is 15.0 Å². The van der Waals surface area contributed by atoms with Crippen molar-refractivity contribution >= 4 is 35.0 Å². The number of rotatable bonds is 7. The summed E-state index contributed by atoms with van der Waals surface area (Å²) in [5, 5.41) is 22.4. The predicted molar refractivity (Wildman–Crippen MR) is 90.7 cm³/mol. The molecule has 0 atom stereocenters. The first kappa shape index (κ1) is 17.7. The zero-order chi connectivity index (χ0) is 16.8. The van der Waals surface area contributed by atoms with Crippen molar-refractivity contribution in [2.45, 2.75) is 29.9 Å². The number of nitrogen functional groups attached to an aromatic ring is 1. The van der Waals surface area contributed by atoms with Gasteiger partial charge in [-0.05, 0) is 19.4 Å². The molecule has 2 rings (SSSR count). The van der Waals surface area contributed by atoms with Crippen LogP contribution in [0.15, 0.2) is 22.2 Å². The summed E-state index contributed by atoms with van der Waals surface area (Å²) in [6.07, 6.45) is 2.16. The van der Waals surface area contributed by atoms with Crippen LogP contribution < -0.4 is 11.1 Å². The molecule has 9 heteroatoms. The fourth-order valence-corrected chi connectivity index (χ4v) is 2.90. The maximum Gasteiger partial charge on any atom is 0.150 e. The number of aromatic nitrogens is 3. The third kappa shape index (κ3) is 4.44. The SMILES string of the molecule is Cc1nc(NCCCO)c(CO)nc1Sc1ccnc(N)c1Cl. The molecule has 0 amide bonds. The summed E-state index contributed by atoms with van der Waals surface area (Å²) < 4.78 is 0. The normalized spacial score (nSPS) is 10.8. The molecule has 2 aromatic heterocycles. The highest BCUT2D eigenvalue weighted by molar-refractivity contribution is 7.99. The molecule has 0 unspecified atom stereocenters. The number of anilines is 2. The Morgan fingerprint density at radius 2 is 2.13 bits per heavy atom. The zero-order valence-electron chi connectivity index (χ0n) is 12.6. The number of nitrogens with zero attached hydrogens (tertiary/aromatic N) is 3. The third-order valence-corrected chi connectivity index (χ3v) is 4.61. The second-order valence-electron chi connectivity index (χ2n) is 4.68. The number of hydrogen-bond acceptors (Lipinski definition) is 8. The van der Waals surface area contributed by atoms with Crippen LogP contribution in [0.4, 0.5) is 11.6 Å². The number of aryl methyl sites for hydroxylation is 1. The van der Waals surface area contributed by atoms with E-state index in [1.807, 2.05) is 6.92 Å². The lowest BCUT2D eigenvalue weighted by Gasteiger charge is -2.13. The quantitative estimate of drug-likeness (QED) is 0.556. The van der Waals surface area contributed by atoms with Gasteiger partial charge in [-0.2, -0.15) is 0 Å². The predicted octanol–water partition coefficient (Wildman–Crippen LogP) is 1.85. The van der Waals surface area contributed by atoms with Crippen LogP contribution in [0.3, 0.4) is 0 Å². The largest absolute Gasteiger partial charge is 0.396 e. The lowest BCUT2D eigenvalue weighted by molar-refractivity contribution is 0.276. The van der Waals surface area contributed by atoms with Crippen LogP contribution in [-0.2, 0) is 6.61 Å². The monoisotopic (exact) mass is 355 g/mol. The van der Waals surface area contributed by atoms with Crippen molar-refractivity contribution in [3.8, 4) is 0 Å². The molecular formula is C14H18ClN5O2S. The van der Waals surface area contributed by atoms with E-state index in [1.54, 1.807) is 12.3 Å². The van der Waals surface area contributed by atoms with Gasteiger partial charge in [0.25, 0.3) is 0 Å². The summed E-state index contributed by atoms with van der Waals surface area (Å²) in [4.78, 5) is 13.5. The summed E-state index contributed by atoms with van der Waals surface area (Å²) in [6, 6.07) is 1.75. The average Bonchev–Trinajstić information content (AvgIpc) is 2.54. The van der Waals surface area contributed by atoms with Gasteiger partial charge >= 0.3 is 0 Å². The topological polar surface area (TPSA) is 117 Å². The van der Waals surface area contributed by atoms with Gasteiger partial charge in [0.15, 0.2) is 5.82 Å². The van der Waals surface area contributed by atoms with E-state index in [2.05, 4.69) is 20.3 Å². The number of hydrogen-bond donors (Lipinski definition) is 4. The van der Waals surface area contributed by atoms with Gasteiger partial charge in [-0.15, -0.1) is 0 Å². The molecule has 0 aliphatic heterocycles. The number of nitrogens with two attached hydrogens (primary N) is 1. The Balaban J connectivity index is 2.27. The molecule has 23 heavy (non-hydrogen) atoms. The van der Waals surface area contributed by atoms with E-state index in [-0.39, 0.29) is 19.0 Å². The van der Waals surface area contributed by atoms with E-state index in [0.29, 0.717) is 40.2 Å². The van der Waals surface area contributed by atoms with E-state index >= 15 is 0 Å². The van der Waals surface area contributed by atoms with Crippen LogP contribution in [0.2, 0.25) is 5.02 Å². The van der Waals surface area contributed by atoms with Crippen molar-refractivity contribution in [3.05, 3.63) is 28.7 Å². The maximum atomic E-state index is 9.50. The van der Waals surface area contributed by atoms with Crippen LogP contribution in [0, 0.1) is 6.92 Å². The first-order valence-corrected chi connectivity index (χ1v) is 8.17. The van der Waals surface area contributed by atoms with Gasteiger partial charge < -0.3 is 21.3 Å². The second kappa shape index (κ2) is 8.30. The van der Waals surface area contributed by atoms with Gasteiger partial charge in [0.05, 0.1) is 17.3 Å². The minimum Gasteiger partial charge on any atom is -0.396 e. The highest BCUT2D eigenvalue weighted by atomic mass is 35.5. The van der Waals surface area contributed by atoms with Gasteiger partial charge in [-0.1, -0.05) is 23.4 Å². The fourth-order valence-electron chi connectivity index (χ4n) is 1.80. The minimum atomic E-state index is -0.242. The molecule has 7 nitrogen and oxygen atoms in total. The van der Waals surface area contributed by atoms with Gasteiger partial charge in [0.2, 0.25) is 0 Å². The number of nitrogens with one attached hydrogen (secondary N) is 1.